The molecule has 1 aliphatic carbocycles. The Morgan fingerprint density at radius 1 is 0.800 bits per heavy atom. The first kappa shape index (κ1) is 27.4. The molecule has 1 heterocycles. The van der Waals surface area contributed by atoms with E-state index in [2.05, 4.69) is 0 Å². The Morgan fingerprint density at radius 2 is 1.40 bits per heavy atom. The van der Waals surface area contributed by atoms with E-state index in [4.69, 9.17) is 0 Å². The van der Waals surface area contributed by atoms with Gasteiger partial charge in [-0.3, -0.25) is 9.59 Å². The molecular formula is C25H13NNa2O6S. The quantitative estimate of drug-likeness (QED) is 0.228. The van der Waals surface area contributed by atoms with Gasteiger partial charge in [0.25, 0.3) is 5.56 Å². The summed E-state index contributed by atoms with van der Waals surface area (Å²) < 4.78 is 1.46. The average molecular weight is 501 g/mol. The van der Waals surface area contributed by atoms with E-state index in [1.807, 2.05) is 0 Å². The first-order valence-corrected chi connectivity index (χ1v) is 10.6. The Bertz CT molecular complexity index is 1580. The Hall–Kier alpha value is -2.17. The number of ketones is 1. The minimum atomic E-state index is -1.53. The largest absolute Gasteiger partial charge is 1.00 e. The molecule has 35 heavy (non-hydrogen) atoms. The number of benzene rings is 3. The fraction of sp³-hybridized carbons (Fsp3) is 0.0400. The van der Waals surface area contributed by atoms with E-state index in [1.54, 1.807) is 43.4 Å². The zero-order valence-electron chi connectivity index (χ0n) is 19.1. The Balaban J connectivity index is 0.00000171. The van der Waals surface area contributed by atoms with Crippen LogP contribution in [0.3, 0.4) is 0 Å². The Labute approximate surface area is 247 Å². The monoisotopic (exact) mass is 501 g/mol. The zero-order valence-corrected chi connectivity index (χ0v) is 23.9. The molecule has 0 spiro atoms. The number of aromatic carboxylic acids is 2. The third kappa shape index (κ3) is 4.68. The number of aryl methyl sites for hydroxylation is 1. The van der Waals surface area contributed by atoms with E-state index in [9.17, 15) is 29.4 Å². The number of aromatic nitrogens is 1. The molecule has 0 N–H and O–H groups in total. The molecule has 0 aliphatic heterocycles. The maximum Gasteiger partial charge on any atom is 1.00 e. The molecule has 0 radical (unpaired) electrons. The van der Waals surface area contributed by atoms with Crippen LogP contribution in [0.5, 0.6) is 0 Å². The van der Waals surface area contributed by atoms with Crippen LogP contribution in [0.1, 0.15) is 36.6 Å². The first-order chi connectivity index (χ1) is 15.8. The fourth-order valence-electron chi connectivity index (χ4n) is 4.13. The van der Waals surface area contributed by atoms with Gasteiger partial charge in [0.1, 0.15) is 0 Å². The summed E-state index contributed by atoms with van der Waals surface area (Å²) in [7, 11) is 1.62. The first-order valence-electron chi connectivity index (χ1n) is 9.82. The van der Waals surface area contributed by atoms with E-state index >= 15 is 0 Å². The molecule has 0 fully saturated rings. The summed E-state index contributed by atoms with van der Waals surface area (Å²) in [6.07, 6.45) is 0. The number of carboxylic acid groups (broad SMARTS) is 2. The fourth-order valence-corrected chi connectivity index (χ4v) is 5.19. The molecule has 7 nitrogen and oxygen atoms in total. The van der Waals surface area contributed by atoms with Gasteiger partial charge >= 0.3 is 59.1 Å². The summed E-state index contributed by atoms with van der Waals surface area (Å²) in [5.41, 5.74) is 1.87. The average Bonchev–Trinajstić information content (AvgIpc) is 2.80. The third-order valence-electron chi connectivity index (χ3n) is 5.67. The molecule has 0 saturated heterocycles. The number of rotatable bonds is 4. The van der Waals surface area contributed by atoms with E-state index in [0.29, 0.717) is 42.9 Å². The van der Waals surface area contributed by atoms with E-state index in [-0.39, 0.29) is 81.6 Å². The van der Waals surface area contributed by atoms with Crippen LogP contribution < -0.4 is 74.9 Å². The van der Waals surface area contributed by atoms with Crippen molar-refractivity contribution in [3.8, 4) is 11.1 Å². The molecule has 1 aliphatic rings. The van der Waals surface area contributed by atoms with Crippen LogP contribution >= 0.6 is 11.8 Å². The van der Waals surface area contributed by atoms with Gasteiger partial charge in [0.15, 0.2) is 5.78 Å². The molecule has 1 aromatic heterocycles. The zero-order chi connectivity index (χ0) is 23.4. The van der Waals surface area contributed by atoms with Gasteiger partial charge in [-0.05, 0) is 52.6 Å². The van der Waals surface area contributed by atoms with Gasteiger partial charge in [-0.1, -0.05) is 36.0 Å². The Kier molecular flexibility index (Phi) is 8.18. The predicted molar refractivity (Wildman–Crippen MR) is 117 cm³/mol. The van der Waals surface area contributed by atoms with Crippen molar-refractivity contribution < 1.29 is 83.7 Å². The summed E-state index contributed by atoms with van der Waals surface area (Å²) in [6, 6.07) is 15.4. The van der Waals surface area contributed by atoms with Crippen LogP contribution in [0.2, 0.25) is 0 Å². The summed E-state index contributed by atoms with van der Waals surface area (Å²) in [6.45, 7) is 0. The van der Waals surface area contributed by atoms with Gasteiger partial charge in [-0.15, -0.1) is 0 Å². The number of fused-ring (bicyclic) bond motifs is 2. The second kappa shape index (κ2) is 10.4. The van der Waals surface area contributed by atoms with Crippen molar-refractivity contribution in [1.82, 2.24) is 4.57 Å². The molecule has 0 amide bonds. The summed E-state index contributed by atoms with van der Waals surface area (Å²) in [4.78, 5) is 49.6. The second-order valence-electron chi connectivity index (χ2n) is 7.59. The van der Waals surface area contributed by atoms with Crippen LogP contribution in [0.4, 0.5) is 0 Å². The number of carbonyl (C=O) groups excluding carboxylic acids is 3. The molecule has 5 rings (SSSR count). The van der Waals surface area contributed by atoms with Gasteiger partial charge < -0.3 is 24.4 Å². The van der Waals surface area contributed by atoms with Gasteiger partial charge in [0, 0.05) is 39.4 Å². The summed E-state index contributed by atoms with van der Waals surface area (Å²) in [5, 5.41) is 23.4. The Morgan fingerprint density at radius 3 is 2.00 bits per heavy atom. The van der Waals surface area contributed by atoms with Crippen LogP contribution in [0.15, 0.2) is 75.2 Å². The van der Waals surface area contributed by atoms with Crippen LogP contribution in [-0.4, -0.2) is 22.3 Å². The van der Waals surface area contributed by atoms with Gasteiger partial charge in [0.05, 0.1) is 17.5 Å². The molecule has 3 aromatic carbocycles. The van der Waals surface area contributed by atoms with Crippen LogP contribution in [0.25, 0.3) is 22.0 Å². The van der Waals surface area contributed by atoms with Crippen molar-refractivity contribution in [2.24, 2.45) is 7.05 Å². The molecule has 0 saturated carbocycles. The normalized spacial score (nSPS) is 11.3. The van der Waals surface area contributed by atoms with E-state index < -0.39 is 11.9 Å². The van der Waals surface area contributed by atoms with E-state index in [1.165, 1.54) is 22.8 Å². The third-order valence-corrected chi connectivity index (χ3v) is 6.70. The number of nitrogens with zero attached hydrogens (tertiary/aromatic N) is 1. The van der Waals surface area contributed by atoms with Crippen molar-refractivity contribution in [2.45, 2.75) is 9.79 Å². The van der Waals surface area contributed by atoms with Gasteiger partial charge in [-0.2, -0.15) is 0 Å². The van der Waals surface area contributed by atoms with Crippen molar-refractivity contribution in [3.63, 3.8) is 0 Å². The molecule has 0 bridgehead atoms. The van der Waals surface area contributed by atoms with Crippen LogP contribution in [0, 0.1) is 0 Å². The molecule has 162 valence electrons. The van der Waals surface area contributed by atoms with E-state index in [0.717, 1.165) is 17.8 Å². The number of hydrogen-bond donors (Lipinski definition) is 0. The predicted octanol–water partition coefficient (Wildman–Crippen LogP) is -4.36. The number of hydrogen-bond acceptors (Lipinski definition) is 7. The maximum atomic E-state index is 13.5. The molecule has 0 unspecified atom stereocenters. The maximum absolute atomic E-state index is 13.5. The molecule has 10 heteroatoms. The minimum Gasteiger partial charge on any atom is -0.545 e. The van der Waals surface area contributed by atoms with Crippen molar-refractivity contribution in [2.75, 3.05) is 0 Å². The van der Waals surface area contributed by atoms with Crippen molar-refractivity contribution in [3.05, 3.63) is 93.3 Å². The van der Waals surface area contributed by atoms with Crippen LogP contribution in [-0.2, 0) is 7.05 Å². The second-order valence-corrected chi connectivity index (χ2v) is 8.70. The summed E-state index contributed by atoms with van der Waals surface area (Å²) >= 11 is 1.06. The van der Waals surface area contributed by atoms with Gasteiger partial charge in [-0.25, -0.2) is 0 Å². The van der Waals surface area contributed by atoms with Crippen molar-refractivity contribution >= 4 is 40.4 Å². The minimum absolute atomic E-state index is 0. The molecular weight excluding hydrogens is 488 g/mol. The number of carbonyl (C=O) groups is 3. The van der Waals surface area contributed by atoms with Crippen molar-refractivity contribution in [1.29, 1.82) is 0 Å². The van der Waals surface area contributed by atoms with Gasteiger partial charge in [0.2, 0.25) is 0 Å². The topological polar surface area (TPSA) is 119 Å². The standard InChI is InChI=1S/C25H15NO6S.2Na/c1-26-18-6-7-19(33-14-9-12(24(29)30)8-13(10-14)25(31)32)22-21(18)17(11-20(26)27)15-4-2-3-5-16(15)23(22)28;;/h2-11H,1H3,(H,29,30)(H,31,32);;/q;2*+1/p-2. The summed E-state index contributed by atoms with van der Waals surface area (Å²) in [5.74, 6) is -3.29. The molecule has 0 atom stereocenters. The SMILES string of the molecule is Cn1c(=O)cc2c3c(c(Sc4cc(C(=O)[O-])cc(C(=O)[O-])c4)ccc31)C(=O)c1ccccc1-2.[Na+].[Na+]. The number of pyridine rings is 1. The molecule has 4 aromatic rings. The number of carboxylic acids is 2. The smallest absolute Gasteiger partial charge is 0.545 e.